The van der Waals surface area contributed by atoms with E-state index in [4.69, 9.17) is 17.3 Å². The second-order valence-electron chi connectivity index (χ2n) is 3.63. The van der Waals surface area contributed by atoms with Crippen molar-refractivity contribution in [3.63, 3.8) is 0 Å². The molecule has 0 radical (unpaired) electrons. The molecule has 5 heteroatoms. The monoisotopic (exact) mass is 270 g/mol. The standard InChI is InChI=1S/C12H12ClFN2S/c13-9-4-1-5-10(14)11(9)12-16-8(7-17-12)3-2-6-15/h1,4-5,7H,2-3,6,15H2. The summed E-state index contributed by atoms with van der Waals surface area (Å²) < 4.78 is 13.7. The molecule has 1 aromatic heterocycles. The summed E-state index contributed by atoms with van der Waals surface area (Å²) in [5, 5.41) is 2.94. The molecule has 90 valence electrons. The highest BCUT2D eigenvalue weighted by molar-refractivity contribution is 7.13. The van der Waals surface area contributed by atoms with Gasteiger partial charge in [0, 0.05) is 5.38 Å². The summed E-state index contributed by atoms with van der Waals surface area (Å²) in [7, 11) is 0. The Morgan fingerprint density at radius 3 is 2.94 bits per heavy atom. The van der Waals surface area contributed by atoms with E-state index in [2.05, 4.69) is 4.98 Å². The molecule has 2 nitrogen and oxygen atoms in total. The molecule has 0 fully saturated rings. The predicted molar refractivity (Wildman–Crippen MR) is 69.9 cm³/mol. The number of nitrogens with zero attached hydrogens (tertiary/aromatic N) is 1. The van der Waals surface area contributed by atoms with Crippen LogP contribution in [0.15, 0.2) is 23.6 Å². The first-order valence-corrected chi connectivity index (χ1v) is 6.57. The van der Waals surface area contributed by atoms with Crippen molar-refractivity contribution in [1.29, 1.82) is 0 Å². The van der Waals surface area contributed by atoms with Crippen LogP contribution in [0.1, 0.15) is 12.1 Å². The van der Waals surface area contributed by atoms with Gasteiger partial charge in [0.15, 0.2) is 0 Å². The zero-order valence-electron chi connectivity index (χ0n) is 9.12. The van der Waals surface area contributed by atoms with Gasteiger partial charge in [-0.25, -0.2) is 9.37 Å². The molecule has 0 saturated heterocycles. The van der Waals surface area contributed by atoms with E-state index in [0.29, 0.717) is 22.1 Å². The highest BCUT2D eigenvalue weighted by atomic mass is 35.5. The minimum atomic E-state index is -0.336. The number of hydrogen-bond acceptors (Lipinski definition) is 3. The van der Waals surface area contributed by atoms with Crippen molar-refractivity contribution in [2.45, 2.75) is 12.8 Å². The topological polar surface area (TPSA) is 38.9 Å². The Balaban J connectivity index is 2.30. The number of aryl methyl sites for hydroxylation is 1. The van der Waals surface area contributed by atoms with Crippen LogP contribution in [0.5, 0.6) is 0 Å². The van der Waals surface area contributed by atoms with Crippen molar-refractivity contribution >= 4 is 22.9 Å². The fraction of sp³-hybridized carbons (Fsp3) is 0.250. The normalized spacial score (nSPS) is 10.8. The Morgan fingerprint density at radius 2 is 2.24 bits per heavy atom. The summed E-state index contributed by atoms with van der Waals surface area (Å²) in [5.74, 6) is -0.336. The highest BCUT2D eigenvalue weighted by Crippen LogP contribution is 2.32. The van der Waals surface area contributed by atoms with Crippen LogP contribution in [0.3, 0.4) is 0 Å². The number of nitrogens with two attached hydrogens (primary N) is 1. The molecule has 0 atom stereocenters. The zero-order valence-corrected chi connectivity index (χ0v) is 10.7. The van der Waals surface area contributed by atoms with Gasteiger partial charge in [-0.3, -0.25) is 0 Å². The molecule has 2 rings (SSSR count). The zero-order chi connectivity index (χ0) is 12.3. The lowest BCUT2D eigenvalue weighted by Gasteiger charge is -2.01. The number of thiazole rings is 1. The molecule has 0 bridgehead atoms. The van der Waals surface area contributed by atoms with Gasteiger partial charge in [-0.1, -0.05) is 17.7 Å². The van der Waals surface area contributed by atoms with Gasteiger partial charge >= 0.3 is 0 Å². The molecule has 0 amide bonds. The van der Waals surface area contributed by atoms with Crippen molar-refractivity contribution in [2.75, 3.05) is 6.54 Å². The first kappa shape index (κ1) is 12.5. The molecule has 0 aliphatic heterocycles. The van der Waals surface area contributed by atoms with Gasteiger partial charge in [-0.15, -0.1) is 11.3 Å². The molecular weight excluding hydrogens is 259 g/mol. The van der Waals surface area contributed by atoms with Crippen LogP contribution in [-0.2, 0) is 6.42 Å². The number of hydrogen-bond donors (Lipinski definition) is 1. The van der Waals surface area contributed by atoms with E-state index in [0.717, 1.165) is 18.5 Å². The van der Waals surface area contributed by atoms with Crippen LogP contribution >= 0.6 is 22.9 Å². The summed E-state index contributed by atoms with van der Waals surface area (Å²) in [5.41, 5.74) is 6.76. The molecule has 0 saturated carbocycles. The lowest BCUT2D eigenvalue weighted by molar-refractivity contribution is 0.631. The minimum absolute atomic E-state index is 0.336. The van der Waals surface area contributed by atoms with Gasteiger partial charge in [0.1, 0.15) is 10.8 Å². The minimum Gasteiger partial charge on any atom is -0.330 e. The maximum atomic E-state index is 13.7. The van der Waals surface area contributed by atoms with E-state index in [1.807, 2.05) is 5.38 Å². The molecule has 0 aliphatic carbocycles. The Bertz CT molecular complexity index is 493. The quantitative estimate of drug-likeness (QED) is 0.924. The Morgan fingerprint density at radius 1 is 1.41 bits per heavy atom. The van der Waals surface area contributed by atoms with E-state index in [9.17, 15) is 4.39 Å². The summed E-state index contributed by atoms with van der Waals surface area (Å²) in [6.07, 6.45) is 1.70. The van der Waals surface area contributed by atoms with E-state index in [1.54, 1.807) is 12.1 Å². The Labute approximate surface area is 108 Å². The van der Waals surface area contributed by atoms with E-state index >= 15 is 0 Å². The molecule has 2 aromatic rings. The predicted octanol–water partition coefficient (Wildman–Crippen LogP) is 3.49. The SMILES string of the molecule is NCCCc1csc(-c2c(F)cccc2Cl)n1. The third-order valence-corrected chi connectivity index (χ3v) is 3.59. The highest BCUT2D eigenvalue weighted by Gasteiger charge is 2.13. The molecule has 0 spiro atoms. The lowest BCUT2D eigenvalue weighted by atomic mass is 10.2. The first-order chi connectivity index (χ1) is 8.22. The number of rotatable bonds is 4. The van der Waals surface area contributed by atoms with Gasteiger partial charge in [-0.2, -0.15) is 0 Å². The lowest BCUT2D eigenvalue weighted by Crippen LogP contribution is -2.00. The average Bonchev–Trinajstić information content (AvgIpc) is 2.75. The van der Waals surface area contributed by atoms with Gasteiger partial charge in [-0.05, 0) is 31.5 Å². The maximum absolute atomic E-state index is 13.7. The van der Waals surface area contributed by atoms with Crippen LogP contribution in [0.2, 0.25) is 5.02 Å². The molecule has 0 aliphatic rings. The van der Waals surface area contributed by atoms with Gasteiger partial charge in [0.25, 0.3) is 0 Å². The Kier molecular flexibility index (Phi) is 4.10. The molecule has 1 heterocycles. The van der Waals surface area contributed by atoms with E-state index in [-0.39, 0.29) is 5.82 Å². The Hall–Kier alpha value is -0.970. The van der Waals surface area contributed by atoms with Crippen LogP contribution in [-0.4, -0.2) is 11.5 Å². The van der Waals surface area contributed by atoms with Gasteiger partial charge < -0.3 is 5.73 Å². The van der Waals surface area contributed by atoms with Crippen LogP contribution in [0.25, 0.3) is 10.6 Å². The summed E-state index contributed by atoms with van der Waals surface area (Å²) >= 11 is 7.39. The third kappa shape index (κ3) is 2.83. The largest absolute Gasteiger partial charge is 0.330 e. The average molecular weight is 271 g/mol. The maximum Gasteiger partial charge on any atom is 0.134 e. The van der Waals surface area contributed by atoms with E-state index in [1.165, 1.54) is 17.4 Å². The van der Waals surface area contributed by atoms with Crippen LogP contribution < -0.4 is 5.73 Å². The first-order valence-electron chi connectivity index (χ1n) is 5.31. The van der Waals surface area contributed by atoms with Gasteiger partial charge in [0.2, 0.25) is 0 Å². The smallest absolute Gasteiger partial charge is 0.134 e. The van der Waals surface area contributed by atoms with Crippen molar-refractivity contribution in [3.8, 4) is 10.6 Å². The number of aromatic nitrogens is 1. The fourth-order valence-corrected chi connectivity index (χ4v) is 2.74. The number of benzene rings is 1. The molecule has 17 heavy (non-hydrogen) atoms. The van der Waals surface area contributed by atoms with Gasteiger partial charge in [0.05, 0.1) is 16.3 Å². The second kappa shape index (κ2) is 5.58. The number of halogens is 2. The van der Waals surface area contributed by atoms with Crippen LogP contribution in [0.4, 0.5) is 4.39 Å². The molecule has 2 N–H and O–H groups in total. The molecular formula is C12H12ClFN2S. The summed E-state index contributed by atoms with van der Waals surface area (Å²) in [4.78, 5) is 4.38. The van der Waals surface area contributed by atoms with Crippen molar-refractivity contribution in [1.82, 2.24) is 4.98 Å². The molecule has 1 aromatic carbocycles. The van der Waals surface area contributed by atoms with E-state index < -0.39 is 0 Å². The van der Waals surface area contributed by atoms with Crippen molar-refractivity contribution in [2.24, 2.45) is 5.73 Å². The summed E-state index contributed by atoms with van der Waals surface area (Å²) in [6.45, 7) is 0.632. The van der Waals surface area contributed by atoms with Crippen LogP contribution in [0, 0.1) is 5.82 Å². The second-order valence-corrected chi connectivity index (χ2v) is 4.90. The fourth-order valence-electron chi connectivity index (χ4n) is 1.52. The van der Waals surface area contributed by atoms with Crippen molar-refractivity contribution in [3.05, 3.63) is 40.1 Å². The van der Waals surface area contributed by atoms with Crippen molar-refractivity contribution < 1.29 is 4.39 Å². The third-order valence-electron chi connectivity index (χ3n) is 2.37. The summed E-state index contributed by atoms with van der Waals surface area (Å²) in [6, 6.07) is 4.65. The molecule has 0 unspecified atom stereocenters.